The third kappa shape index (κ3) is 7.89. The molecule has 1 unspecified atom stereocenters. The summed E-state index contributed by atoms with van der Waals surface area (Å²) in [4.78, 5) is 16.0. The lowest BCUT2D eigenvalue weighted by Crippen LogP contribution is -2.47. The van der Waals surface area contributed by atoms with E-state index in [9.17, 15) is 18.7 Å². The molecule has 0 aliphatic rings. The number of benzene rings is 1. The SMILES string of the molecule is CC(C)(C#Cc1ccc(Br)c(C(Cc2cc(F)cc(F)c2)NC(=O)O)n1)O[Si](C)(C)C(C)(C)C. The van der Waals surface area contributed by atoms with Crippen molar-refractivity contribution in [3.05, 3.63) is 63.4 Å². The van der Waals surface area contributed by atoms with Crippen LogP contribution in [0.15, 0.2) is 34.8 Å². The summed E-state index contributed by atoms with van der Waals surface area (Å²) in [7, 11) is -2.05. The summed E-state index contributed by atoms with van der Waals surface area (Å²) < 4.78 is 34.3. The highest BCUT2D eigenvalue weighted by atomic mass is 79.9. The van der Waals surface area contributed by atoms with Gasteiger partial charge in [0, 0.05) is 10.5 Å². The molecule has 9 heteroatoms. The smallest absolute Gasteiger partial charge is 0.405 e. The van der Waals surface area contributed by atoms with Gasteiger partial charge in [-0.2, -0.15) is 0 Å². The molecule has 0 bridgehead atoms. The van der Waals surface area contributed by atoms with E-state index < -0.39 is 37.7 Å². The van der Waals surface area contributed by atoms with Crippen LogP contribution in [0.3, 0.4) is 0 Å². The standard InChI is InChI=1S/C25H31BrF2N2O3Si/c1-24(2,3)34(6,7)33-25(4,5)11-10-19-8-9-20(26)22(29-19)21(30-23(31)32)14-16-12-17(27)15-18(28)13-16/h8-9,12-13,15,21,30H,14H2,1-7H3,(H,31,32). The minimum atomic E-state index is -2.05. The quantitative estimate of drug-likeness (QED) is 0.304. The van der Waals surface area contributed by atoms with Crippen molar-refractivity contribution >= 4 is 30.3 Å². The Labute approximate surface area is 209 Å². The van der Waals surface area contributed by atoms with E-state index in [4.69, 9.17) is 4.43 Å². The molecule has 2 N–H and O–H groups in total. The van der Waals surface area contributed by atoms with E-state index in [2.05, 4.69) is 71.9 Å². The summed E-state index contributed by atoms with van der Waals surface area (Å²) in [5, 5.41) is 11.7. The maximum atomic E-state index is 13.7. The summed E-state index contributed by atoms with van der Waals surface area (Å²) in [6.07, 6.45) is -1.28. The lowest BCUT2D eigenvalue weighted by Gasteiger charge is -2.40. The summed E-state index contributed by atoms with van der Waals surface area (Å²) in [5.74, 6) is 4.71. The molecule has 1 heterocycles. The molecule has 1 amide bonds. The van der Waals surface area contributed by atoms with E-state index in [1.807, 2.05) is 13.8 Å². The van der Waals surface area contributed by atoms with Crippen molar-refractivity contribution in [3.63, 3.8) is 0 Å². The first-order valence-electron chi connectivity index (χ1n) is 10.8. The number of halogens is 3. The molecule has 34 heavy (non-hydrogen) atoms. The number of aromatic nitrogens is 1. The van der Waals surface area contributed by atoms with Gasteiger partial charge in [0.2, 0.25) is 0 Å². The van der Waals surface area contributed by atoms with Crippen molar-refractivity contribution in [3.8, 4) is 11.8 Å². The highest BCUT2D eigenvalue weighted by molar-refractivity contribution is 9.10. The monoisotopic (exact) mass is 552 g/mol. The van der Waals surface area contributed by atoms with Crippen LogP contribution in [-0.4, -0.2) is 30.1 Å². The Balaban J connectivity index is 2.39. The average molecular weight is 554 g/mol. The van der Waals surface area contributed by atoms with E-state index in [-0.39, 0.29) is 11.5 Å². The molecular weight excluding hydrogens is 522 g/mol. The maximum absolute atomic E-state index is 13.7. The summed E-state index contributed by atoms with van der Waals surface area (Å²) in [6.45, 7) is 14.6. The first-order chi connectivity index (χ1) is 15.5. The van der Waals surface area contributed by atoms with Crippen LogP contribution in [0.25, 0.3) is 0 Å². The number of pyridine rings is 1. The highest BCUT2D eigenvalue weighted by Crippen LogP contribution is 2.39. The molecule has 1 aromatic carbocycles. The lowest BCUT2D eigenvalue weighted by molar-refractivity contribution is 0.151. The molecule has 2 aromatic rings. The van der Waals surface area contributed by atoms with Crippen LogP contribution >= 0.6 is 15.9 Å². The van der Waals surface area contributed by atoms with Gasteiger partial charge in [-0.25, -0.2) is 18.6 Å². The fraction of sp³-hybridized carbons (Fsp3) is 0.440. The lowest BCUT2D eigenvalue weighted by atomic mass is 10.0. The number of carboxylic acid groups (broad SMARTS) is 1. The molecule has 0 spiro atoms. The van der Waals surface area contributed by atoms with Gasteiger partial charge < -0.3 is 14.8 Å². The van der Waals surface area contributed by atoms with Crippen molar-refractivity contribution in [1.29, 1.82) is 0 Å². The Morgan fingerprint density at radius 3 is 2.29 bits per heavy atom. The van der Waals surface area contributed by atoms with E-state index in [1.165, 1.54) is 0 Å². The molecule has 5 nitrogen and oxygen atoms in total. The Morgan fingerprint density at radius 2 is 1.76 bits per heavy atom. The van der Waals surface area contributed by atoms with Crippen LogP contribution < -0.4 is 5.32 Å². The van der Waals surface area contributed by atoms with Crippen LogP contribution in [0.5, 0.6) is 0 Å². The maximum Gasteiger partial charge on any atom is 0.405 e. The van der Waals surface area contributed by atoms with E-state index in [0.717, 1.165) is 18.2 Å². The van der Waals surface area contributed by atoms with Crippen molar-refractivity contribution in [2.24, 2.45) is 0 Å². The molecule has 2 rings (SSSR count). The third-order valence-electron chi connectivity index (χ3n) is 5.67. The topological polar surface area (TPSA) is 71.5 Å². The Hall–Kier alpha value is -2.28. The molecule has 0 saturated carbocycles. The van der Waals surface area contributed by atoms with Gasteiger partial charge >= 0.3 is 6.09 Å². The van der Waals surface area contributed by atoms with Crippen molar-refractivity contribution in [2.75, 3.05) is 0 Å². The molecule has 1 aromatic heterocycles. The van der Waals surface area contributed by atoms with E-state index in [1.54, 1.807) is 12.1 Å². The number of carbonyl (C=O) groups is 1. The second-order valence-electron chi connectivity index (χ2n) is 10.2. The minimum absolute atomic E-state index is 0.00341. The second kappa shape index (κ2) is 10.5. The van der Waals surface area contributed by atoms with E-state index >= 15 is 0 Å². The molecule has 0 aliphatic carbocycles. The van der Waals surface area contributed by atoms with E-state index in [0.29, 0.717) is 21.4 Å². The number of rotatable bonds is 6. The van der Waals surface area contributed by atoms with Crippen molar-refractivity contribution in [2.45, 2.75) is 70.8 Å². The van der Waals surface area contributed by atoms with Gasteiger partial charge in [-0.1, -0.05) is 26.7 Å². The predicted molar refractivity (Wildman–Crippen MR) is 135 cm³/mol. The van der Waals surface area contributed by atoms with Gasteiger partial charge in [-0.3, -0.25) is 0 Å². The largest absolute Gasteiger partial charge is 0.465 e. The zero-order valence-corrected chi connectivity index (χ0v) is 23.1. The number of nitrogens with zero attached hydrogens (tertiary/aromatic N) is 1. The van der Waals surface area contributed by atoms with Crippen molar-refractivity contribution in [1.82, 2.24) is 10.3 Å². The van der Waals surface area contributed by atoms with Crippen molar-refractivity contribution < 1.29 is 23.1 Å². The Morgan fingerprint density at radius 1 is 1.18 bits per heavy atom. The average Bonchev–Trinajstić information content (AvgIpc) is 2.64. The van der Waals surface area contributed by atoms with Crippen LogP contribution in [-0.2, 0) is 10.8 Å². The predicted octanol–water partition coefficient (Wildman–Crippen LogP) is 6.83. The molecular formula is C25H31BrF2N2O3Si. The minimum Gasteiger partial charge on any atom is -0.465 e. The molecule has 184 valence electrons. The molecule has 0 radical (unpaired) electrons. The van der Waals surface area contributed by atoms with Gasteiger partial charge in [0.05, 0.1) is 11.7 Å². The molecule has 1 atom stereocenters. The Bertz CT molecular complexity index is 1100. The summed E-state index contributed by atoms with van der Waals surface area (Å²) in [6, 6.07) is 5.67. The van der Waals surface area contributed by atoms with Crippen LogP contribution in [0, 0.1) is 23.5 Å². The second-order valence-corrected chi connectivity index (χ2v) is 15.7. The number of hydrogen-bond donors (Lipinski definition) is 2. The third-order valence-corrected chi connectivity index (χ3v) is 11.0. The normalized spacial score (nSPS) is 13.1. The summed E-state index contributed by atoms with van der Waals surface area (Å²) >= 11 is 3.40. The summed E-state index contributed by atoms with van der Waals surface area (Å²) in [5.41, 5.74) is 0.371. The fourth-order valence-electron chi connectivity index (χ4n) is 3.13. The first kappa shape index (κ1) is 28.0. The Kier molecular flexibility index (Phi) is 8.67. The molecule has 0 fully saturated rings. The number of hydrogen-bond acceptors (Lipinski definition) is 3. The van der Waals surface area contributed by atoms with Gasteiger partial charge in [0.15, 0.2) is 8.32 Å². The first-order valence-corrected chi connectivity index (χ1v) is 14.5. The van der Waals surface area contributed by atoms with Crippen LogP contribution in [0.2, 0.25) is 18.1 Å². The highest BCUT2D eigenvalue weighted by Gasteiger charge is 2.41. The zero-order valence-electron chi connectivity index (χ0n) is 20.5. The number of nitrogens with one attached hydrogen (secondary N) is 1. The van der Waals surface area contributed by atoms with Crippen LogP contribution in [0.4, 0.5) is 13.6 Å². The van der Waals surface area contributed by atoms with Gasteiger partial charge in [0.1, 0.15) is 22.9 Å². The fourth-order valence-corrected chi connectivity index (χ4v) is 5.26. The molecule has 0 aliphatic heterocycles. The van der Waals surface area contributed by atoms with Crippen LogP contribution in [0.1, 0.15) is 57.6 Å². The van der Waals surface area contributed by atoms with Gasteiger partial charge in [-0.05, 0) is 90.1 Å². The van der Waals surface area contributed by atoms with Gasteiger partial charge in [-0.15, -0.1) is 0 Å². The number of amides is 1. The molecule has 0 saturated heterocycles. The zero-order chi connectivity index (χ0) is 25.9. The van der Waals surface area contributed by atoms with Gasteiger partial charge in [0.25, 0.3) is 0 Å².